The van der Waals surface area contributed by atoms with Crippen molar-refractivity contribution in [1.82, 2.24) is 14.5 Å². The number of carbonyl (C=O) groups is 2. The number of benzene rings is 2. The number of likely N-dealkylation sites (N-methyl/N-ethyl adjacent to an activating group) is 1. The first kappa shape index (κ1) is 26.9. The largest absolute Gasteiger partial charge is 0.357 e. The molecule has 0 aliphatic rings. The van der Waals surface area contributed by atoms with E-state index < -0.39 is 28.7 Å². The number of hydrogen-bond acceptors (Lipinski definition) is 4. The molecule has 0 saturated heterocycles. The van der Waals surface area contributed by atoms with Gasteiger partial charge in [0.25, 0.3) is 0 Å². The van der Waals surface area contributed by atoms with Crippen molar-refractivity contribution in [1.29, 1.82) is 0 Å². The molecule has 0 spiro atoms. The Morgan fingerprint density at radius 1 is 1.03 bits per heavy atom. The maximum absolute atomic E-state index is 13.5. The van der Waals surface area contributed by atoms with Gasteiger partial charge in [-0.05, 0) is 36.2 Å². The molecule has 1 atom stereocenters. The summed E-state index contributed by atoms with van der Waals surface area (Å²) < 4.78 is 28.1. The Bertz CT molecular complexity index is 1080. The van der Waals surface area contributed by atoms with Gasteiger partial charge in [0, 0.05) is 27.7 Å². The number of rotatable bonds is 10. The summed E-state index contributed by atoms with van der Waals surface area (Å²) in [6.07, 6.45) is 0.332. The van der Waals surface area contributed by atoms with Crippen LogP contribution in [0.3, 0.4) is 0 Å². The number of hydrogen-bond donors (Lipinski definition) is 1. The van der Waals surface area contributed by atoms with Crippen molar-refractivity contribution in [2.75, 3.05) is 32.0 Å². The third-order valence-corrected chi connectivity index (χ3v) is 7.59. The van der Waals surface area contributed by atoms with E-state index in [1.807, 2.05) is 0 Å². The van der Waals surface area contributed by atoms with E-state index in [2.05, 4.69) is 5.32 Å². The topological polar surface area (TPSA) is 90.0 Å². The highest BCUT2D eigenvalue weighted by Gasteiger charge is 2.33. The third kappa shape index (κ3) is 6.60. The second-order valence-corrected chi connectivity index (χ2v) is 10.3. The van der Waals surface area contributed by atoms with Gasteiger partial charge in [0.1, 0.15) is 12.6 Å². The van der Waals surface area contributed by atoms with E-state index in [1.54, 1.807) is 55.5 Å². The number of amides is 2. The van der Waals surface area contributed by atoms with Crippen LogP contribution in [-0.2, 0) is 26.3 Å². The summed E-state index contributed by atoms with van der Waals surface area (Å²) in [5.41, 5.74) is 0.990. The molecule has 0 aromatic heterocycles. The molecule has 2 aromatic rings. The molecule has 11 heteroatoms. The fraction of sp³-hybridized carbons (Fsp3) is 0.364. The monoisotopic (exact) mass is 514 g/mol. The molecule has 1 N–H and O–H groups in total. The summed E-state index contributed by atoms with van der Waals surface area (Å²) in [4.78, 5) is 27.5. The molecular formula is C22H28Cl2N4O4S. The smallest absolute Gasteiger partial charge is 0.304 e. The van der Waals surface area contributed by atoms with Crippen molar-refractivity contribution < 1.29 is 18.0 Å². The minimum Gasteiger partial charge on any atom is -0.357 e. The molecule has 0 aliphatic heterocycles. The average Bonchev–Trinajstić information content (AvgIpc) is 2.79. The van der Waals surface area contributed by atoms with Crippen LogP contribution in [0.15, 0.2) is 48.5 Å². The van der Waals surface area contributed by atoms with E-state index in [0.717, 1.165) is 8.61 Å². The van der Waals surface area contributed by atoms with Crippen molar-refractivity contribution in [3.05, 3.63) is 64.1 Å². The third-order valence-electron chi connectivity index (χ3n) is 5.03. The van der Waals surface area contributed by atoms with Gasteiger partial charge >= 0.3 is 10.2 Å². The summed E-state index contributed by atoms with van der Waals surface area (Å²) in [6, 6.07) is 12.5. The Labute approximate surface area is 205 Å². The van der Waals surface area contributed by atoms with Crippen molar-refractivity contribution in [3.8, 4) is 0 Å². The second-order valence-electron chi connectivity index (χ2n) is 7.44. The van der Waals surface area contributed by atoms with E-state index in [0.29, 0.717) is 27.7 Å². The standard InChI is InChI=1S/C22H28Cl2N4O4S/c1-5-20(22(30)25-2)27(14-16-11-12-18(23)19(24)13-16)21(29)15-28(33(31,32)26(3)4)17-9-7-6-8-10-17/h6-13,20H,5,14-15H2,1-4H3,(H,25,30)/t20-/m1/s1. The minimum atomic E-state index is -3.98. The van der Waals surface area contributed by atoms with E-state index in [9.17, 15) is 18.0 Å². The number of nitrogens with one attached hydrogen (secondary N) is 1. The van der Waals surface area contributed by atoms with Gasteiger partial charge in [0.15, 0.2) is 0 Å². The van der Waals surface area contributed by atoms with Gasteiger partial charge in [-0.1, -0.05) is 54.4 Å². The quantitative estimate of drug-likeness (QED) is 0.527. The summed E-state index contributed by atoms with van der Waals surface area (Å²) in [5.74, 6) is -0.890. The highest BCUT2D eigenvalue weighted by molar-refractivity contribution is 7.90. The predicted molar refractivity (Wildman–Crippen MR) is 132 cm³/mol. The normalized spacial score (nSPS) is 12.3. The molecule has 0 fully saturated rings. The zero-order valence-electron chi connectivity index (χ0n) is 19.0. The first-order chi connectivity index (χ1) is 15.5. The summed E-state index contributed by atoms with van der Waals surface area (Å²) in [7, 11) is 0.285. The number of para-hydroxylation sites is 1. The molecule has 8 nitrogen and oxygen atoms in total. The molecule has 0 radical (unpaired) electrons. The fourth-order valence-corrected chi connectivity index (χ4v) is 4.61. The molecule has 0 aliphatic carbocycles. The van der Waals surface area contributed by atoms with E-state index in [-0.39, 0.29) is 12.5 Å². The molecule has 0 bridgehead atoms. The predicted octanol–water partition coefficient (Wildman–Crippen LogP) is 3.16. The summed E-state index contributed by atoms with van der Waals surface area (Å²) in [5, 5.41) is 3.25. The Balaban J connectivity index is 2.48. The first-order valence-corrected chi connectivity index (χ1v) is 12.4. The van der Waals surface area contributed by atoms with Crippen LogP contribution in [0.2, 0.25) is 10.0 Å². The van der Waals surface area contributed by atoms with Gasteiger partial charge in [-0.3, -0.25) is 9.59 Å². The zero-order chi connectivity index (χ0) is 24.8. The lowest BCUT2D eigenvalue weighted by molar-refractivity contribution is -0.140. The van der Waals surface area contributed by atoms with Crippen LogP contribution < -0.4 is 9.62 Å². The lowest BCUT2D eigenvalue weighted by atomic mass is 10.1. The van der Waals surface area contributed by atoms with E-state index >= 15 is 0 Å². The van der Waals surface area contributed by atoms with Crippen LogP contribution in [0.1, 0.15) is 18.9 Å². The van der Waals surface area contributed by atoms with Crippen molar-refractivity contribution in [3.63, 3.8) is 0 Å². The van der Waals surface area contributed by atoms with Crippen LogP contribution in [0.4, 0.5) is 5.69 Å². The maximum Gasteiger partial charge on any atom is 0.304 e. The van der Waals surface area contributed by atoms with Crippen LogP contribution >= 0.6 is 23.2 Å². The Morgan fingerprint density at radius 3 is 2.18 bits per heavy atom. The molecule has 2 rings (SSSR count). The summed E-state index contributed by atoms with van der Waals surface area (Å²) >= 11 is 12.1. The van der Waals surface area contributed by atoms with Crippen LogP contribution in [0.25, 0.3) is 0 Å². The molecule has 0 unspecified atom stereocenters. The average molecular weight is 515 g/mol. The maximum atomic E-state index is 13.5. The van der Waals surface area contributed by atoms with E-state index in [1.165, 1.54) is 26.0 Å². The van der Waals surface area contributed by atoms with Crippen LogP contribution in [0, 0.1) is 0 Å². The zero-order valence-corrected chi connectivity index (χ0v) is 21.3. The van der Waals surface area contributed by atoms with Crippen LogP contribution in [-0.4, -0.2) is 63.2 Å². The lowest BCUT2D eigenvalue weighted by Crippen LogP contribution is -2.52. The minimum absolute atomic E-state index is 0.0479. The van der Waals surface area contributed by atoms with Crippen molar-refractivity contribution in [2.45, 2.75) is 25.9 Å². The van der Waals surface area contributed by atoms with Crippen molar-refractivity contribution in [2.24, 2.45) is 0 Å². The fourth-order valence-electron chi connectivity index (χ4n) is 3.23. The molecule has 180 valence electrons. The first-order valence-electron chi connectivity index (χ1n) is 10.2. The van der Waals surface area contributed by atoms with Crippen molar-refractivity contribution >= 4 is 50.9 Å². The molecule has 2 aromatic carbocycles. The molecule has 2 amide bonds. The molecule has 0 saturated carbocycles. The van der Waals surface area contributed by atoms with Gasteiger partial charge in [0.05, 0.1) is 15.7 Å². The Kier molecular flexibility index (Phi) is 9.54. The number of anilines is 1. The van der Waals surface area contributed by atoms with Gasteiger partial charge in [-0.2, -0.15) is 12.7 Å². The lowest BCUT2D eigenvalue weighted by Gasteiger charge is -2.33. The Hall–Kier alpha value is -2.33. The molecule has 33 heavy (non-hydrogen) atoms. The highest BCUT2D eigenvalue weighted by Crippen LogP contribution is 2.25. The Morgan fingerprint density at radius 2 is 1.67 bits per heavy atom. The number of nitrogens with zero attached hydrogens (tertiary/aromatic N) is 3. The van der Waals surface area contributed by atoms with Gasteiger partial charge in [-0.25, -0.2) is 4.31 Å². The van der Waals surface area contributed by atoms with Crippen LogP contribution in [0.5, 0.6) is 0 Å². The van der Waals surface area contributed by atoms with Gasteiger partial charge in [-0.15, -0.1) is 0 Å². The summed E-state index contributed by atoms with van der Waals surface area (Å²) in [6.45, 7) is 1.34. The van der Waals surface area contributed by atoms with Gasteiger partial charge in [0.2, 0.25) is 11.8 Å². The highest BCUT2D eigenvalue weighted by atomic mass is 35.5. The van der Waals surface area contributed by atoms with Gasteiger partial charge < -0.3 is 10.2 Å². The molecule has 0 heterocycles. The SMILES string of the molecule is CC[C@H](C(=O)NC)N(Cc1ccc(Cl)c(Cl)c1)C(=O)CN(c1ccccc1)S(=O)(=O)N(C)C. The molecular weight excluding hydrogens is 487 g/mol. The second kappa shape index (κ2) is 11.7. The number of carbonyl (C=O) groups excluding carboxylic acids is 2. The van der Waals surface area contributed by atoms with E-state index in [4.69, 9.17) is 23.2 Å². The number of halogens is 2.